The van der Waals surface area contributed by atoms with Gasteiger partial charge in [0.25, 0.3) is 0 Å². The van der Waals surface area contributed by atoms with Crippen LogP contribution in [0.25, 0.3) is 0 Å². The van der Waals surface area contributed by atoms with Gasteiger partial charge in [-0.05, 0) is 41.2 Å². The number of nitrogens with zero attached hydrogens (tertiary/aromatic N) is 1. The van der Waals surface area contributed by atoms with Crippen molar-refractivity contribution in [2.75, 3.05) is 13.1 Å². The van der Waals surface area contributed by atoms with Gasteiger partial charge in [-0.3, -0.25) is 0 Å². The Bertz CT molecular complexity index is 633. The lowest BCUT2D eigenvalue weighted by Crippen LogP contribution is -2.45. The Balaban J connectivity index is 1.96. The number of thiocarbonyl (C=S) groups is 1. The van der Waals surface area contributed by atoms with Gasteiger partial charge in [-0.1, -0.05) is 36.4 Å². The van der Waals surface area contributed by atoms with Crippen molar-refractivity contribution in [1.29, 1.82) is 0 Å². The molecule has 0 saturated carbocycles. The first-order chi connectivity index (χ1) is 10.3. The van der Waals surface area contributed by atoms with E-state index in [1.54, 1.807) is 0 Å². The zero-order valence-corrected chi connectivity index (χ0v) is 13.4. The van der Waals surface area contributed by atoms with E-state index in [4.69, 9.17) is 12.2 Å². The van der Waals surface area contributed by atoms with Crippen molar-refractivity contribution in [1.82, 2.24) is 10.2 Å². The fraction of sp³-hybridized carbons (Fsp3) is 0.235. The van der Waals surface area contributed by atoms with Crippen molar-refractivity contribution in [3.05, 3.63) is 70.4 Å². The summed E-state index contributed by atoms with van der Waals surface area (Å²) in [6, 6.07) is 13.1. The van der Waals surface area contributed by atoms with E-state index in [0.29, 0.717) is 6.54 Å². The molecular formula is C17H18N2S2. The highest BCUT2D eigenvalue weighted by molar-refractivity contribution is 7.80. The second kappa shape index (κ2) is 6.41. The summed E-state index contributed by atoms with van der Waals surface area (Å²) in [7, 11) is 0. The lowest BCUT2D eigenvalue weighted by Gasteiger charge is -2.38. The highest BCUT2D eigenvalue weighted by atomic mass is 32.1. The Labute approximate surface area is 135 Å². The van der Waals surface area contributed by atoms with E-state index in [2.05, 4.69) is 58.6 Å². The largest absolute Gasteiger partial charge is 0.359 e. The summed E-state index contributed by atoms with van der Waals surface area (Å²) in [5.41, 5.74) is 2.68. The molecule has 0 unspecified atom stereocenters. The molecule has 1 aromatic heterocycles. The van der Waals surface area contributed by atoms with Gasteiger partial charge in [0.05, 0.1) is 6.04 Å². The minimum atomic E-state index is 0.214. The van der Waals surface area contributed by atoms with Crippen LogP contribution in [-0.4, -0.2) is 23.1 Å². The molecule has 1 aliphatic heterocycles. The molecule has 108 valence electrons. The number of nitrogens with one attached hydrogen (secondary N) is 1. The normalized spacial score (nSPS) is 17.1. The zero-order chi connectivity index (χ0) is 14.7. The van der Waals surface area contributed by atoms with Crippen molar-refractivity contribution in [2.45, 2.75) is 12.5 Å². The molecule has 0 bridgehead atoms. The predicted molar refractivity (Wildman–Crippen MR) is 93.8 cm³/mol. The molecule has 2 aromatic rings. The monoisotopic (exact) mass is 314 g/mol. The van der Waals surface area contributed by atoms with E-state index in [1.807, 2.05) is 17.4 Å². The summed E-state index contributed by atoms with van der Waals surface area (Å²) in [4.78, 5) is 3.77. The van der Waals surface area contributed by atoms with Crippen LogP contribution < -0.4 is 5.32 Å². The fourth-order valence-corrected chi connectivity index (χ4v) is 3.97. The molecule has 1 N–H and O–H groups in total. The third kappa shape index (κ3) is 2.87. The highest BCUT2D eigenvalue weighted by Gasteiger charge is 2.30. The molecule has 1 aromatic carbocycles. The molecular weight excluding hydrogens is 296 g/mol. The molecule has 21 heavy (non-hydrogen) atoms. The molecule has 0 spiro atoms. The Morgan fingerprint density at radius 3 is 2.95 bits per heavy atom. The second-order valence-corrected chi connectivity index (χ2v) is 6.42. The summed E-state index contributed by atoms with van der Waals surface area (Å²) in [5.74, 6) is 0. The van der Waals surface area contributed by atoms with Gasteiger partial charge >= 0.3 is 0 Å². The van der Waals surface area contributed by atoms with Gasteiger partial charge in [-0.25, -0.2) is 0 Å². The van der Waals surface area contributed by atoms with Gasteiger partial charge in [-0.2, -0.15) is 0 Å². The first-order valence-electron chi connectivity index (χ1n) is 7.08. The topological polar surface area (TPSA) is 15.3 Å². The maximum atomic E-state index is 5.59. The van der Waals surface area contributed by atoms with E-state index < -0.39 is 0 Å². The van der Waals surface area contributed by atoms with Crippen molar-refractivity contribution >= 4 is 28.7 Å². The van der Waals surface area contributed by atoms with Crippen molar-refractivity contribution in [3.8, 4) is 0 Å². The lowest BCUT2D eigenvalue weighted by molar-refractivity contribution is 0.338. The molecule has 2 nitrogen and oxygen atoms in total. The molecule has 0 amide bonds. The quantitative estimate of drug-likeness (QED) is 0.686. The van der Waals surface area contributed by atoms with Crippen LogP contribution in [0.4, 0.5) is 0 Å². The van der Waals surface area contributed by atoms with Gasteiger partial charge in [0, 0.05) is 18.0 Å². The Hall–Kier alpha value is -1.65. The predicted octanol–water partition coefficient (Wildman–Crippen LogP) is 3.76. The number of rotatable bonds is 3. The van der Waals surface area contributed by atoms with Crippen LogP contribution in [0.3, 0.4) is 0 Å². The lowest BCUT2D eigenvalue weighted by atomic mass is 9.94. The van der Waals surface area contributed by atoms with Crippen LogP contribution in [0.1, 0.15) is 22.0 Å². The summed E-state index contributed by atoms with van der Waals surface area (Å²) in [6.45, 7) is 5.40. The highest BCUT2D eigenvalue weighted by Crippen LogP contribution is 2.37. The molecule has 1 aliphatic rings. The minimum Gasteiger partial charge on any atom is -0.359 e. The summed E-state index contributed by atoms with van der Waals surface area (Å²) >= 11 is 7.44. The molecule has 4 heteroatoms. The third-order valence-electron chi connectivity index (χ3n) is 3.74. The van der Waals surface area contributed by atoms with E-state index in [9.17, 15) is 0 Å². The smallest absolute Gasteiger partial charge is 0.169 e. The van der Waals surface area contributed by atoms with Crippen LogP contribution in [-0.2, 0) is 6.42 Å². The van der Waals surface area contributed by atoms with Crippen LogP contribution >= 0.6 is 23.6 Å². The summed E-state index contributed by atoms with van der Waals surface area (Å²) < 4.78 is 0. The van der Waals surface area contributed by atoms with Crippen molar-refractivity contribution in [3.63, 3.8) is 0 Å². The average molecular weight is 314 g/mol. The Morgan fingerprint density at radius 1 is 1.38 bits per heavy atom. The van der Waals surface area contributed by atoms with E-state index in [-0.39, 0.29) is 6.04 Å². The molecule has 0 radical (unpaired) electrons. The molecule has 0 aliphatic carbocycles. The van der Waals surface area contributed by atoms with Crippen LogP contribution in [0, 0.1) is 0 Å². The first-order valence-corrected chi connectivity index (χ1v) is 8.36. The number of hydrogen-bond acceptors (Lipinski definition) is 2. The summed E-state index contributed by atoms with van der Waals surface area (Å²) in [6.07, 6.45) is 2.90. The van der Waals surface area contributed by atoms with Gasteiger partial charge in [0.1, 0.15) is 0 Å². The van der Waals surface area contributed by atoms with Crippen molar-refractivity contribution in [2.24, 2.45) is 0 Å². The van der Waals surface area contributed by atoms with Crippen LogP contribution in [0.15, 0.2) is 54.4 Å². The van der Waals surface area contributed by atoms with Gasteiger partial charge in [-0.15, -0.1) is 17.9 Å². The Morgan fingerprint density at radius 2 is 2.19 bits per heavy atom. The standard InChI is InChI=1S/C17H18N2S2/c1-2-10-18-17(20)19-11-8-15-14(9-12-21-15)16(19)13-6-4-3-5-7-13/h2-7,9,12,16H,1,8,10-11H2,(H,18,20)/t16-/m0/s1. The summed E-state index contributed by atoms with van der Waals surface area (Å²) in [5, 5.41) is 6.26. The molecule has 0 saturated heterocycles. The number of hydrogen-bond donors (Lipinski definition) is 1. The van der Waals surface area contributed by atoms with E-state index in [0.717, 1.165) is 18.1 Å². The number of benzene rings is 1. The molecule has 1 atom stereocenters. The van der Waals surface area contributed by atoms with E-state index in [1.165, 1.54) is 16.0 Å². The number of fused-ring (bicyclic) bond motifs is 1. The van der Waals surface area contributed by atoms with Gasteiger partial charge < -0.3 is 10.2 Å². The maximum Gasteiger partial charge on any atom is 0.169 e. The maximum absolute atomic E-state index is 5.59. The third-order valence-corrected chi connectivity index (χ3v) is 5.12. The Kier molecular flexibility index (Phi) is 4.36. The minimum absolute atomic E-state index is 0.214. The average Bonchev–Trinajstić information content (AvgIpc) is 3.01. The van der Waals surface area contributed by atoms with E-state index >= 15 is 0 Å². The molecule has 0 fully saturated rings. The first kappa shape index (κ1) is 14.3. The zero-order valence-electron chi connectivity index (χ0n) is 11.8. The molecule has 3 rings (SSSR count). The van der Waals surface area contributed by atoms with Crippen LogP contribution in [0.5, 0.6) is 0 Å². The SMILES string of the molecule is C=CCNC(=S)N1CCc2sccc2[C@@H]1c1ccccc1. The second-order valence-electron chi connectivity index (χ2n) is 5.03. The number of thiophene rings is 1. The molecule has 2 heterocycles. The van der Waals surface area contributed by atoms with Gasteiger partial charge in [0.15, 0.2) is 5.11 Å². The van der Waals surface area contributed by atoms with Crippen LogP contribution in [0.2, 0.25) is 0 Å². The van der Waals surface area contributed by atoms with Crippen molar-refractivity contribution < 1.29 is 0 Å². The van der Waals surface area contributed by atoms with Gasteiger partial charge in [0.2, 0.25) is 0 Å². The fourth-order valence-electron chi connectivity index (χ4n) is 2.79.